The molecule has 1 heterocycles. The van der Waals surface area contributed by atoms with Crippen molar-refractivity contribution >= 4 is 23.7 Å². The van der Waals surface area contributed by atoms with E-state index in [1.54, 1.807) is 6.08 Å². The number of carbonyl (C=O) groups is 2. The average Bonchev–Trinajstić information content (AvgIpc) is 3.31. The van der Waals surface area contributed by atoms with Gasteiger partial charge in [0.15, 0.2) is 0 Å². The number of rotatable bonds is 12. The number of esters is 2. The monoisotopic (exact) mass is 523 g/mol. The van der Waals surface area contributed by atoms with Gasteiger partial charge < -0.3 is 23.8 Å². The standard InChI is InChI=1S/C31H41NO6/c1-6-7-18-35-19-20-36-27-12-8-24(9-13-27)25-10-14-29(32-17-16-28(22-32)37-23(2)33)26(21-25)11-15-30(34)38-31(3,4)5/h8-15,21,28H,6-7,16-20,22H2,1-5H3. The molecule has 1 fully saturated rings. The Bertz CT molecular complexity index is 1090. The highest BCUT2D eigenvalue weighted by Gasteiger charge is 2.26. The van der Waals surface area contributed by atoms with E-state index in [2.05, 4.69) is 30.0 Å². The molecule has 1 unspecified atom stereocenters. The molecule has 0 aliphatic carbocycles. The minimum atomic E-state index is -0.566. The van der Waals surface area contributed by atoms with Gasteiger partial charge in [-0.15, -0.1) is 0 Å². The second-order valence-electron chi connectivity index (χ2n) is 10.4. The van der Waals surface area contributed by atoms with Crippen LogP contribution in [-0.4, -0.2) is 56.6 Å². The summed E-state index contributed by atoms with van der Waals surface area (Å²) in [5.41, 5.74) is 3.36. The van der Waals surface area contributed by atoms with Crippen LogP contribution in [0.5, 0.6) is 5.75 Å². The van der Waals surface area contributed by atoms with Crippen molar-refractivity contribution in [2.24, 2.45) is 0 Å². The van der Waals surface area contributed by atoms with Gasteiger partial charge in [-0.1, -0.05) is 31.5 Å². The Labute approximate surface area is 226 Å². The fourth-order valence-electron chi connectivity index (χ4n) is 4.24. The van der Waals surface area contributed by atoms with Gasteiger partial charge in [-0.3, -0.25) is 4.79 Å². The molecule has 1 atom stereocenters. The number of carbonyl (C=O) groups excluding carboxylic acids is 2. The lowest BCUT2D eigenvalue weighted by molar-refractivity contribution is -0.148. The summed E-state index contributed by atoms with van der Waals surface area (Å²) in [5.74, 6) is 0.130. The van der Waals surface area contributed by atoms with Gasteiger partial charge >= 0.3 is 11.9 Å². The molecule has 0 saturated carbocycles. The van der Waals surface area contributed by atoms with E-state index in [0.717, 1.165) is 60.5 Å². The molecule has 0 aromatic heterocycles. The first kappa shape index (κ1) is 29.2. The highest BCUT2D eigenvalue weighted by atomic mass is 16.6. The molecule has 3 rings (SSSR count). The summed E-state index contributed by atoms with van der Waals surface area (Å²) in [4.78, 5) is 26.0. The SMILES string of the molecule is CCCCOCCOc1ccc(-c2ccc(N3CCC(OC(C)=O)C3)c(C=CC(=O)OC(C)(C)C)c2)cc1. The van der Waals surface area contributed by atoms with Crippen LogP contribution in [0.1, 0.15) is 59.4 Å². The van der Waals surface area contributed by atoms with E-state index in [9.17, 15) is 9.59 Å². The fourth-order valence-corrected chi connectivity index (χ4v) is 4.24. The van der Waals surface area contributed by atoms with Crippen LogP contribution in [-0.2, 0) is 23.8 Å². The molecule has 2 aromatic rings. The van der Waals surface area contributed by atoms with Crippen LogP contribution in [0.3, 0.4) is 0 Å². The van der Waals surface area contributed by atoms with E-state index in [1.165, 1.54) is 13.0 Å². The molecular formula is C31H41NO6. The molecule has 1 aliphatic heterocycles. The Balaban J connectivity index is 1.76. The molecule has 2 aromatic carbocycles. The third-order valence-electron chi connectivity index (χ3n) is 5.98. The Hall–Kier alpha value is -3.32. The zero-order valence-electron chi connectivity index (χ0n) is 23.3. The number of hydrogen-bond acceptors (Lipinski definition) is 7. The highest BCUT2D eigenvalue weighted by molar-refractivity contribution is 5.89. The van der Waals surface area contributed by atoms with Crippen LogP contribution in [0, 0.1) is 0 Å². The van der Waals surface area contributed by atoms with Gasteiger partial charge in [0.2, 0.25) is 0 Å². The lowest BCUT2D eigenvalue weighted by atomic mass is 10.0. The van der Waals surface area contributed by atoms with Gasteiger partial charge in [-0.05, 0) is 74.2 Å². The zero-order valence-corrected chi connectivity index (χ0v) is 23.3. The summed E-state index contributed by atoms with van der Waals surface area (Å²) in [6.07, 6.45) is 6.07. The lowest BCUT2D eigenvalue weighted by Crippen LogP contribution is -2.24. The molecule has 1 saturated heterocycles. The number of hydrogen-bond donors (Lipinski definition) is 0. The summed E-state index contributed by atoms with van der Waals surface area (Å²) in [6, 6.07) is 14.1. The predicted molar refractivity (Wildman–Crippen MR) is 150 cm³/mol. The quantitative estimate of drug-likeness (QED) is 0.191. The normalized spacial score (nSPS) is 15.6. The van der Waals surface area contributed by atoms with Gasteiger partial charge in [0.05, 0.1) is 13.2 Å². The number of ether oxygens (including phenoxy) is 4. The van der Waals surface area contributed by atoms with Crippen molar-refractivity contribution in [1.29, 1.82) is 0 Å². The van der Waals surface area contributed by atoms with Crippen LogP contribution >= 0.6 is 0 Å². The van der Waals surface area contributed by atoms with Crippen molar-refractivity contribution in [2.75, 3.05) is 37.8 Å². The van der Waals surface area contributed by atoms with Gasteiger partial charge in [-0.25, -0.2) is 4.79 Å². The zero-order chi connectivity index (χ0) is 27.5. The van der Waals surface area contributed by atoms with Gasteiger partial charge in [-0.2, -0.15) is 0 Å². The molecule has 7 heteroatoms. The predicted octanol–water partition coefficient (Wildman–Crippen LogP) is 6.05. The molecule has 0 spiro atoms. The topological polar surface area (TPSA) is 74.3 Å². The molecular weight excluding hydrogens is 482 g/mol. The van der Waals surface area contributed by atoms with Crippen LogP contribution in [0.25, 0.3) is 17.2 Å². The minimum Gasteiger partial charge on any atom is -0.491 e. The summed E-state index contributed by atoms with van der Waals surface area (Å²) in [6.45, 7) is 12.3. The number of unbranched alkanes of at least 4 members (excludes halogenated alkanes) is 1. The molecule has 0 amide bonds. The molecule has 206 valence electrons. The summed E-state index contributed by atoms with van der Waals surface area (Å²) >= 11 is 0. The van der Waals surface area contributed by atoms with Crippen molar-refractivity contribution in [1.82, 2.24) is 0 Å². The third kappa shape index (κ3) is 9.53. The Morgan fingerprint density at radius 2 is 1.76 bits per heavy atom. The smallest absolute Gasteiger partial charge is 0.331 e. The molecule has 0 radical (unpaired) electrons. The van der Waals surface area contributed by atoms with Gasteiger partial charge in [0.1, 0.15) is 24.1 Å². The van der Waals surface area contributed by atoms with Crippen molar-refractivity contribution < 1.29 is 28.5 Å². The van der Waals surface area contributed by atoms with Gasteiger partial charge in [0.25, 0.3) is 0 Å². The van der Waals surface area contributed by atoms with E-state index in [1.807, 2.05) is 45.0 Å². The highest BCUT2D eigenvalue weighted by Crippen LogP contribution is 2.32. The van der Waals surface area contributed by atoms with Crippen molar-refractivity contribution in [2.45, 2.75) is 65.6 Å². The minimum absolute atomic E-state index is 0.139. The third-order valence-corrected chi connectivity index (χ3v) is 5.98. The van der Waals surface area contributed by atoms with Crippen LogP contribution < -0.4 is 9.64 Å². The molecule has 38 heavy (non-hydrogen) atoms. The maximum atomic E-state index is 12.4. The molecule has 0 bridgehead atoms. The fraction of sp³-hybridized carbons (Fsp3) is 0.484. The van der Waals surface area contributed by atoms with Crippen LogP contribution in [0.4, 0.5) is 5.69 Å². The second-order valence-corrected chi connectivity index (χ2v) is 10.4. The van der Waals surface area contributed by atoms with Gasteiger partial charge in [0, 0.05) is 38.3 Å². The number of anilines is 1. The Morgan fingerprint density at radius 1 is 1.03 bits per heavy atom. The maximum absolute atomic E-state index is 12.4. The van der Waals surface area contributed by atoms with E-state index in [4.69, 9.17) is 18.9 Å². The summed E-state index contributed by atoms with van der Waals surface area (Å²) in [5, 5.41) is 0. The Morgan fingerprint density at radius 3 is 2.45 bits per heavy atom. The molecule has 7 nitrogen and oxygen atoms in total. The van der Waals surface area contributed by atoms with Crippen LogP contribution in [0.2, 0.25) is 0 Å². The second kappa shape index (κ2) is 14.0. The Kier molecular flexibility index (Phi) is 10.8. The van der Waals surface area contributed by atoms with Crippen LogP contribution in [0.15, 0.2) is 48.5 Å². The lowest BCUT2D eigenvalue weighted by Gasteiger charge is -2.22. The first-order valence-corrected chi connectivity index (χ1v) is 13.4. The number of nitrogens with zero attached hydrogens (tertiary/aromatic N) is 1. The first-order valence-electron chi connectivity index (χ1n) is 13.4. The van der Waals surface area contributed by atoms with Crippen molar-refractivity contribution in [3.8, 4) is 16.9 Å². The van der Waals surface area contributed by atoms with Crippen molar-refractivity contribution in [3.05, 3.63) is 54.1 Å². The summed E-state index contributed by atoms with van der Waals surface area (Å²) in [7, 11) is 0. The maximum Gasteiger partial charge on any atom is 0.331 e. The number of benzene rings is 2. The van der Waals surface area contributed by atoms with Crippen molar-refractivity contribution in [3.63, 3.8) is 0 Å². The summed E-state index contributed by atoms with van der Waals surface area (Å²) < 4.78 is 22.2. The van der Waals surface area contributed by atoms with E-state index >= 15 is 0 Å². The first-order chi connectivity index (χ1) is 18.1. The largest absolute Gasteiger partial charge is 0.491 e. The van der Waals surface area contributed by atoms with E-state index in [-0.39, 0.29) is 12.1 Å². The average molecular weight is 524 g/mol. The van der Waals surface area contributed by atoms with E-state index in [0.29, 0.717) is 19.8 Å². The molecule has 0 N–H and O–H groups in total. The molecule has 1 aliphatic rings. The van der Waals surface area contributed by atoms with E-state index < -0.39 is 11.6 Å².